The molecule has 1 saturated heterocycles. The zero-order valence-corrected chi connectivity index (χ0v) is 11.0. The van der Waals surface area contributed by atoms with E-state index in [9.17, 15) is 13.2 Å². The molecule has 0 aliphatic carbocycles. The van der Waals surface area contributed by atoms with Crippen molar-refractivity contribution in [3.63, 3.8) is 0 Å². The van der Waals surface area contributed by atoms with Gasteiger partial charge in [-0.25, -0.2) is 17.5 Å². The van der Waals surface area contributed by atoms with Crippen molar-refractivity contribution in [1.29, 1.82) is 0 Å². The quantitative estimate of drug-likeness (QED) is 0.777. The van der Waals surface area contributed by atoms with Crippen LogP contribution in [-0.4, -0.2) is 49.3 Å². The molecule has 7 heteroatoms. The average molecular weight is 264 g/mol. The fraction of sp³-hybridized carbons (Fsp3) is 0.900. The normalized spacial score (nSPS) is 26.7. The van der Waals surface area contributed by atoms with Gasteiger partial charge in [0.15, 0.2) is 0 Å². The third-order valence-electron chi connectivity index (χ3n) is 3.35. The standard InChI is InChI=1S/C10H20N2O4S/c1-3-17(15,16)12-5-4-8(2)9(7-12)6-11-10(13)14/h8-9,11H,3-7H2,1-2H3,(H,13,14). The first kappa shape index (κ1) is 14.2. The Morgan fingerprint density at radius 2 is 2.18 bits per heavy atom. The molecule has 0 aromatic carbocycles. The van der Waals surface area contributed by atoms with E-state index in [2.05, 4.69) is 5.32 Å². The van der Waals surface area contributed by atoms with Crippen molar-refractivity contribution in [1.82, 2.24) is 9.62 Å². The van der Waals surface area contributed by atoms with E-state index in [1.807, 2.05) is 6.92 Å². The summed E-state index contributed by atoms with van der Waals surface area (Å²) in [6.07, 6.45) is -0.279. The summed E-state index contributed by atoms with van der Waals surface area (Å²) < 4.78 is 24.9. The first-order valence-corrected chi connectivity index (χ1v) is 7.42. The molecule has 1 aliphatic rings. The SMILES string of the molecule is CCS(=O)(=O)N1CCC(C)C(CNC(=O)O)C1. The van der Waals surface area contributed by atoms with Crippen LogP contribution < -0.4 is 5.32 Å². The number of piperidine rings is 1. The molecule has 0 aromatic rings. The summed E-state index contributed by atoms with van der Waals surface area (Å²) in [5, 5.41) is 10.9. The summed E-state index contributed by atoms with van der Waals surface area (Å²) in [4.78, 5) is 10.4. The van der Waals surface area contributed by atoms with Crippen LogP contribution in [-0.2, 0) is 10.0 Å². The zero-order valence-electron chi connectivity index (χ0n) is 10.2. The molecular formula is C10H20N2O4S. The second kappa shape index (κ2) is 5.68. The minimum Gasteiger partial charge on any atom is -0.465 e. The Morgan fingerprint density at radius 1 is 1.53 bits per heavy atom. The van der Waals surface area contributed by atoms with Crippen LogP contribution in [0.3, 0.4) is 0 Å². The number of carboxylic acid groups (broad SMARTS) is 1. The molecule has 0 bridgehead atoms. The van der Waals surface area contributed by atoms with Crippen molar-refractivity contribution in [2.24, 2.45) is 11.8 Å². The molecule has 2 atom stereocenters. The van der Waals surface area contributed by atoms with E-state index in [4.69, 9.17) is 5.11 Å². The van der Waals surface area contributed by atoms with Crippen LogP contribution in [0.1, 0.15) is 20.3 Å². The topological polar surface area (TPSA) is 86.7 Å². The van der Waals surface area contributed by atoms with Crippen LogP contribution in [0, 0.1) is 11.8 Å². The Hall–Kier alpha value is -0.820. The van der Waals surface area contributed by atoms with Crippen molar-refractivity contribution in [3.05, 3.63) is 0 Å². The first-order valence-electron chi connectivity index (χ1n) is 5.81. The lowest BCUT2D eigenvalue weighted by atomic mass is 9.88. The van der Waals surface area contributed by atoms with Crippen LogP contribution in [0.25, 0.3) is 0 Å². The molecule has 0 saturated carbocycles. The van der Waals surface area contributed by atoms with Gasteiger partial charge in [-0.05, 0) is 25.2 Å². The minimum absolute atomic E-state index is 0.0566. The van der Waals surface area contributed by atoms with Crippen molar-refractivity contribution >= 4 is 16.1 Å². The Balaban J connectivity index is 2.62. The number of rotatable bonds is 4. The van der Waals surface area contributed by atoms with Gasteiger partial charge in [-0.15, -0.1) is 0 Å². The Labute approximate surface area is 102 Å². The highest BCUT2D eigenvalue weighted by Gasteiger charge is 2.31. The van der Waals surface area contributed by atoms with E-state index in [0.717, 1.165) is 6.42 Å². The van der Waals surface area contributed by atoms with Gasteiger partial charge in [0.1, 0.15) is 0 Å². The highest BCUT2D eigenvalue weighted by atomic mass is 32.2. The lowest BCUT2D eigenvalue weighted by Crippen LogP contribution is -2.47. The second-order valence-corrected chi connectivity index (χ2v) is 6.73. The number of hydrogen-bond donors (Lipinski definition) is 2. The molecule has 100 valence electrons. The lowest BCUT2D eigenvalue weighted by molar-refractivity contribution is 0.172. The number of nitrogens with one attached hydrogen (secondary N) is 1. The Bertz CT molecular complexity index is 369. The first-order chi connectivity index (χ1) is 7.86. The van der Waals surface area contributed by atoms with Gasteiger partial charge in [-0.3, -0.25) is 0 Å². The van der Waals surface area contributed by atoms with E-state index in [1.165, 1.54) is 4.31 Å². The van der Waals surface area contributed by atoms with E-state index in [1.54, 1.807) is 6.92 Å². The van der Waals surface area contributed by atoms with E-state index < -0.39 is 16.1 Å². The molecule has 1 aliphatic heterocycles. The van der Waals surface area contributed by atoms with Gasteiger partial charge in [0.25, 0.3) is 0 Å². The molecule has 0 spiro atoms. The van der Waals surface area contributed by atoms with Crippen LogP contribution in [0.4, 0.5) is 4.79 Å². The number of amides is 1. The van der Waals surface area contributed by atoms with Gasteiger partial charge in [0.2, 0.25) is 10.0 Å². The van der Waals surface area contributed by atoms with Crippen molar-refractivity contribution < 1.29 is 18.3 Å². The van der Waals surface area contributed by atoms with Crippen molar-refractivity contribution in [2.45, 2.75) is 20.3 Å². The Morgan fingerprint density at radius 3 is 2.71 bits per heavy atom. The maximum absolute atomic E-state index is 11.7. The van der Waals surface area contributed by atoms with Crippen molar-refractivity contribution in [3.8, 4) is 0 Å². The fourth-order valence-corrected chi connectivity index (χ4v) is 3.20. The van der Waals surface area contributed by atoms with Gasteiger partial charge in [-0.1, -0.05) is 6.92 Å². The molecule has 1 heterocycles. The van der Waals surface area contributed by atoms with Gasteiger partial charge in [-0.2, -0.15) is 0 Å². The van der Waals surface area contributed by atoms with E-state index in [0.29, 0.717) is 25.6 Å². The molecule has 6 nitrogen and oxygen atoms in total. The highest BCUT2D eigenvalue weighted by molar-refractivity contribution is 7.89. The predicted octanol–water partition coefficient (Wildman–Crippen LogP) is 0.562. The predicted molar refractivity (Wildman–Crippen MR) is 64.3 cm³/mol. The molecular weight excluding hydrogens is 244 g/mol. The molecule has 2 N–H and O–H groups in total. The smallest absolute Gasteiger partial charge is 0.404 e. The number of hydrogen-bond acceptors (Lipinski definition) is 3. The number of nitrogens with zero attached hydrogens (tertiary/aromatic N) is 1. The summed E-state index contributed by atoms with van der Waals surface area (Å²) in [6.45, 7) is 4.92. The monoisotopic (exact) mass is 264 g/mol. The van der Waals surface area contributed by atoms with E-state index >= 15 is 0 Å². The summed E-state index contributed by atoms with van der Waals surface area (Å²) >= 11 is 0. The number of sulfonamides is 1. The summed E-state index contributed by atoms with van der Waals surface area (Å²) in [6, 6.07) is 0. The average Bonchev–Trinajstić information content (AvgIpc) is 2.27. The lowest BCUT2D eigenvalue weighted by Gasteiger charge is -2.36. The van der Waals surface area contributed by atoms with Crippen LogP contribution in [0.2, 0.25) is 0 Å². The molecule has 1 rings (SSSR count). The maximum Gasteiger partial charge on any atom is 0.404 e. The Kier molecular flexibility index (Phi) is 4.76. The fourth-order valence-electron chi connectivity index (χ4n) is 2.04. The van der Waals surface area contributed by atoms with Crippen molar-refractivity contribution in [2.75, 3.05) is 25.4 Å². The largest absolute Gasteiger partial charge is 0.465 e. The summed E-state index contributed by atoms with van der Waals surface area (Å²) in [5.74, 6) is 0.492. The third kappa shape index (κ3) is 3.85. The maximum atomic E-state index is 11.7. The van der Waals surface area contributed by atoms with E-state index in [-0.39, 0.29) is 11.7 Å². The second-order valence-electron chi connectivity index (χ2n) is 4.47. The summed E-state index contributed by atoms with van der Waals surface area (Å²) in [7, 11) is -3.16. The molecule has 2 unspecified atom stereocenters. The van der Waals surface area contributed by atoms with Gasteiger partial charge in [0.05, 0.1) is 5.75 Å². The number of carbonyl (C=O) groups is 1. The molecule has 1 fully saturated rings. The van der Waals surface area contributed by atoms with Crippen LogP contribution in [0.15, 0.2) is 0 Å². The highest BCUT2D eigenvalue weighted by Crippen LogP contribution is 2.24. The molecule has 17 heavy (non-hydrogen) atoms. The summed E-state index contributed by atoms with van der Waals surface area (Å²) in [5.41, 5.74) is 0. The van der Waals surface area contributed by atoms with Crippen LogP contribution in [0.5, 0.6) is 0 Å². The zero-order chi connectivity index (χ0) is 13.1. The van der Waals surface area contributed by atoms with Gasteiger partial charge in [0, 0.05) is 19.6 Å². The molecule has 1 amide bonds. The molecule has 0 aromatic heterocycles. The minimum atomic E-state index is -3.16. The van der Waals surface area contributed by atoms with Gasteiger partial charge < -0.3 is 10.4 Å². The third-order valence-corrected chi connectivity index (χ3v) is 5.20. The van der Waals surface area contributed by atoms with Gasteiger partial charge >= 0.3 is 6.09 Å². The molecule has 0 radical (unpaired) electrons. The van der Waals surface area contributed by atoms with Crippen LogP contribution >= 0.6 is 0 Å².